The molecule has 6 nitrogen and oxygen atoms in total. The zero-order valence-corrected chi connectivity index (χ0v) is 17.1. The smallest absolute Gasteiger partial charge is 0.255 e. The molecule has 0 unspecified atom stereocenters. The predicted molar refractivity (Wildman–Crippen MR) is 112 cm³/mol. The van der Waals surface area contributed by atoms with Crippen LogP contribution < -0.4 is 10.1 Å². The van der Waals surface area contributed by atoms with Crippen molar-refractivity contribution in [3.8, 4) is 11.4 Å². The van der Waals surface area contributed by atoms with Crippen LogP contribution in [0.15, 0.2) is 60.0 Å². The maximum atomic E-state index is 12.6. The molecule has 1 N–H and O–H groups in total. The lowest BCUT2D eigenvalue weighted by Crippen LogP contribution is -2.12. The van der Waals surface area contributed by atoms with Gasteiger partial charge in [-0.25, -0.2) is 0 Å². The number of nitrogens with zero attached hydrogens (tertiary/aromatic N) is 3. The second-order valence-corrected chi connectivity index (χ2v) is 7.52. The Morgan fingerprint density at radius 3 is 2.71 bits per heavy atom. The summed E-state index contributed by atoms with van der Waals surface area (Å²) in [5.41, 5.74) is 2.18. The maximum Gasteiger partial charge on any atom is 0.255 e. The molecule has 0 bridgehead atoms. The molecule has 146 valence electrons. The largest absolute Gasteiger partial charge is 0.494 e. The van der Waals surface area contributed by atoms with Gasteiger partial charge in [-0.05, 0) is 61.1 Å². The van der Waals surface area contributed by atoms with Crippen molar-refractivity contribution in [1.82, 2.24) is 14.8 Å². The van der Waals surface area contributed by atoms with E-state index in [0.29, 0.717) is 23.8 Å². The summed E-state index contributed by atoms with van der Waals surface area (Å²) in [5.74, 6) is 1.21. The minimum absolute atomic E-state index is 0.167. The van der Waals surface area contributed by atoms with E-state index >= 15 is 0 Å². The second-order valence-electron chi connectivity index (χ2n) is 6.75. The molecule has 1 amide bonds. The van der Waals surface area contributed by atoms with Gasteiger partial charge in [0, 0.05) is 11.3 Å². The molecule has 3 aromatic rings. The molecule has 7 heteroatoms. The van der Waals surface area contributed by atoms with Crippen LogP contribution in [0, 0.1) is 5.92 Å². The minimum atomic E-state index is -0.167. The highest BCUT2D eigenvalue weighted by Gasteiger charge is 2.09. The van der Waals surface area contributed by atoms with Gasteiger partial charge < -0.3 is 10.1 Å². The van der Waals surface area contributed by atoms with Crippen LogP contribution in [0.2, 0.25) is 0 Å². The second kappa shape index (κ2) is 9.41. The highest BCUT2D eigenvalue weighted by atomic mass is 32.2. The summed E-state index contributed by atoms with van der Waals surface area (Å²) in [4.78, 5) is 12.6. The minimum Gasteiger partial charge on any atom is -0.494 e. The van der Waals surface area contributed by atoms with Crippen molar-refractivity contribution in [3.63, 3.8) is 0 Å². The van der Waals surface area contributed by atoms with Crippen molar-refractivity contribution >= 4 is 23.4 Å². The number of carbonyl (C=O) groups is 1. The van der Waals surface area contributed by atoms with Crippen LogP contribution in [0.4, 0.5) is 5.69 Å². The first-order valence-electron chi connectivity index (χ1n) is 9.15. The summed E-state index contributed by atoms with van der Waals surface area (Å²) < 4.78 is 7.58. The van der Waals surface area contributed by atoms with Gasteiger partial charge in [-0.15, -0.1) is 10.2 Å². The van der Waals surface area contributed by atoms with Gasteiger partial charge in [0.1, 0.15) is 12.1 Å². The van der Waals surface area contributed by atoms with Crippen LogP contribution in [0.1, 0.15) is 30.6 Å². The summed E-state index contributed by atoms with van der Waals surface area (Å²) >= 11 is 1.51. The molecule has 0 aliphatic heterocycles. The molecule has 0 aliphatic rings. The third-order valence-corrected chi connectivity index (χ3v) is 4.81. The highest BCUT2D eigenvalue weighted by molar-refractivity contribution is 7.98. The number of hydrogen-bond acceptors (Lipinski definition) is 5. The molecular weight excluding hydrogens is 372 g/mol. The van der Waals surface area contributed by atoms with Gasteiger partial charge in [0.05, 0.1) is 12.3 Å². The third-order valence-electron chi connectivity index (χ3n) is 4.16. The van der Waals surface area contributed by atoms with Crippen LogP contribution in [0.25, 0.3) is 5.69 Å². The fourth-order valence-electron chi connectivity index (χ4n) is 2.59. The van der Waals surface area contributed by atoms with Crippen LogP contribution in [-0.4, -0.2) is 33.5 Å². The summed E-state index contributed by atoms with van der Waals surface area (Å²) in [6, 6.07) is 14.8. The Morgan fingerprint density at radius 2 is 2.00 bits per heavy atom. The average Bonchev–Trinajstić information content (AvgIpc) is 3.17. The molecule has 0 atom stereocenters. The number of rotatable bonds is 8. The van der Waals surface area contributed by atoms with Gasteiger partial charge in [-0.3, -0.25) is 9.36 Å². The Bertz CT molecular complexity index is 922. The fourth-order valence-corrected chi connectivity index (χ4v) is 3.07. The predicted octanol–water partition coefficient (Wildman–Crippen LogP) is 4.67. The van der Waals surface area contributed by atoms with Gasteiger partial charge in [0.2, 0.25) is 0 Å². The number of aromatic nitrogens is 3. The van der Waals surface area contributed by atoms with E-state index in [1.807, 2.05) is 47.2 Å². The Morgan fingerprint density at radius 1 is 1.21 bits per heavy atom. The summed E-state index contributed by atoms with van der Waals surface area (Å²) in [7, 11) is 0. The van der Waals surface area contributed by atoms with Crippen molar-refractivity contribution in [2.75, 3.05) is 18.2 Å². The summed E-state index contributed by atoms with van der Waals surface area (Å²) in [5, 5.41) is 11.7. The van der Waals surface area contributed by atoms with Gasteiger partial charge in [0.25, 0.3) is 5.91 Å². The SMILES string of the molecule is CSc1nncn1-c1cccc(NC(=O)c2ccc(OCCC(C)C)cc2)c1. The number of anilines is 1. The highest BCUT2D eigenvalue weighted by Crippen LogP contribution is 2.21. The number of thioether (sulfide) groups is 1. The number of amides is 1. The number of nitrogens with one attached hydrogen (secondary N) is 1. The zero-order chi connectivity index (χ0) is 19.9. The molecule has 0 saturated heterocycles. The fraction of sp³-hybridized carbons (Fsp3) is 0.286. The molecule has 1 aromatic heterocycles. The first-order valence-corrected chi connectivity index (χ1v) is 10.4. The molecule has 0 fully saturated rings. The molecule has 3 rings (SSSR count). The molecule has 0 radical (unpaired) electrons. The van der Waals surface area contributed by atoms with E-state index in [4.69, 9.17) is 4.74 Å². The first-order chi connectivity index (χ1) is 13.6. The monoisotopic (exact) mass is 396 g/mol. The van der Waals surface area contributed by atoms with Gasteiger partial charge in [0.15, 0.2) is 5.16 Å². The number of carbonyl (C=O) groups excluding carboxylic acids is 1. The van der Waals surface area contributed by atoms with E-state index in [1.165, 1.54) is 11.8 Å². The molecule has 1 heterocycles. The standard InChI is InChI=1S/C21H24N4O2S/c1-15(2)11-12-27-19-9-7-16(8-10-19)20(26)23-17-5-4-6-18(13-17)25-14-22-24-21(25)28-3/h4-10,13-15H,11-12H2,1-3H3,(H,23,26). The summed E-state index contributed by atoms with van der Waals surface area (Å²) in [6.45, 7) is 5.01. The van der Waals surface area contributed by atoms with E-state index < -0.39 is 0 Å². The Kier molecular flexibility index (Phi) is 6.71. The van der Waals surface area contributed by atoms with Crippen molar-refractivity contribution in [2.24, 2.45) is 5.92 Å². The Labute approximate surface area is 169 Å². The lowest BCUT2D eigenvalue weighted by molar-refractivity contribution is 0.102. The molecule has 28 heavy (non-hydrogen) atoms. The normalized spacial score (nSPS) is 10.9. The van der Waals surface area contributed by atoms with Crippen molar-refractivity contribution < 1.29 is 9.53 Å². The van der Waals surface area contributed by atoms with E-state index in [0.717, 1.165) is 23.0 Å². The van der Waals surface area contributed by atoms with Gasteiger partial charge >= 0.3 is 0 Å². The first kappa shape index (κ1) is 19.9. The van der Waals surface area contributed by atoms with Crippen molar-refractivity contribution in [3.05, 3.63) is 60.4 Å². The molecule has 2 aromatic carbocycles. The number of ether oxygens (including phenoxy) is 1. The van der Waals surface area contributed by atoms with E-state index in [9.17, 15) is 4.79 Å². The number of hydrogen-bond donors (Lipinski definition) is 1. The quantitative estimate of drug-likeness (QED) is 0.561. The van der Waals surface area contributed by atoms with Gasteiger partial charge in [-0.2, -0.15) is 0 Å². The van der Waals surface area contributed by atoms with Crippen LogP contribution in [-0.2, 0) is 0 Å². The van der Waals surface area contributed by atoms with Crippen molar-refractivity contribution in [1.29, 1.82) is 0 Å². The zero-order valence-electron chi connectivity index (χ0n) is 16.3. The lowest BCUT2D eigenvalue weighted by atomic mass is 10.1. The van der Waals surface area contributed by atoms with Crippen molar-refractivity contribution in [2.45, 2.75) is 25.4 Å². The van der Waals surface area contributed by atoms with Crippen LogP contribution in [0.5, 0.6) is 5.75 Å². The van der Waals surface area contributed by atoms with E-state index in [1.54, 1.807) is 18.5 Å². The van der Waals surface area contributed by atoms with E-state index in [-0.39, 0.29) is 5.91 Å². The molecule has 0 saturated carbocycles. The average molecular weight is 397 g/mol. The van der Waals surface area contributed by atoms with Crippen LogP contribution in [0.3, 0.4) is 0 Å². The summed E-state index contributed by atoms with van der Waals surface area (Å²) in [6.07, 6.45) is 4.61. The number of benzene rings is 2. The van der Waals surface area contributed by atoms with E-state index in [2.05, 4.69) is 29.4 Å². The third kappa shape index (κ3) is 5.13. The maximum absolute atomic E-state index is 12.6. The van der Waals surface area contributed by atoms with Gasteiger partial charge in [-0.1, -0.05) is 31.7 Å². The Balaban J connectivity index is 1.65. The molecular formula is C21H24N4O2S. The molecule has 0 spiro atoms. The Hall–Kier alpha value is -2.80. The van der Waals surface area contributed by atoms with Crippen LogP contribution >= 0.6 is 11.8 Å². The topological polar surface area (TPSA) is 69.0 Å². The molecule has 0 aliphatic carbocycles. The lowest BCUT2D eigenvalue weighted by Gasteiger charge is -2.10.